The normalized spacial score (nSPS) is 10.4. The minimum absolute atomic E-state index is 0. The molecule has 0 unspecified atom stereocenters. The molecule has 0 aliphatic rings. The van der Waals surface area contributed by atoms with Gasteiger partial charge in [0.15, 0.2) is 9.15 Å². The number of hydrogen-bond donors (Lipinski definition) is 0. The smallest absolute Gasteiger partial charge is 0.739 e. The number of ether oxygens (including phenoxy) is 1. The van der Waals surface area contributed by atoms with Crippen molar-refractivity contribution in [2.75, 3.05) is 7.11 Å². The Morgan fingerprint density at radius 2 is 1.79 bits per heavy atom. The van der Waals surface area contributed by atoms with Gasteiger partial charge in [-0.2, -0.15) is 0 Å². The van der Waals surface area contributed by atoms with Crippen LogP contribution in [0.2, 0.25) is 0 Å². The zero-order valence-electron chi connectivity index (χ0n) is 7.76. The summed E-state index contributed by atoms with van der Waals surface area (Å²) in [7, 11) is -2.48. The average molecular weight is 258 g/mol. The van der Waals surface area contributed by atoms with Crippen molar-refractivity contribution in [3.05, 3.63) is 24.3 Å². The van der Waals surface area contributed by atoms with Crippen molar-refractivity contribution in [2.24, 2.45) is 0 Å². The Kier molecular flexibility index (Phi) is 6.91. The first-order chi connectivity index (χ1) is 6.01. The molecule has 72 valence electrons. The fourth-order valence-corrected chi connectivity index (χ4v) is 2.27. The maximum absolute atomic E-state index is 10.3. The first-order valence-electron chi connectivity index (χ1n) is 3.30. The quantitative estimate of drug-likeness (QED) is 0.365. The first-order valence-corrected chi connectivity index (χ1v) is 6.05. The number of methoxy groups -OCH3 is 1. The molecule has 7 heteroatoms. The van der Waals surface area contributed by atoms with Gasteiger partial charge in [-0.25, -0.2) is 8.42 Å². The van der Waals surface area contributed by atoms with Crippen molar-refractivity contribution in [2.45, 2.75) is 4.90 Å². The number of hydrogen-bond acceptors (Lipinski definition) is 5. The standard InChI is InChI=1S/C7H8O4S2.K/c1-11-6-2-4-7(5-3-6)12-13(8,9)10;/h2-5H,1H3,(H,8,9,10);/q;+1/p-1. The van der Waals surface area contributed by atoms with Crippen LogP contribution in [-0.4, -0.2) is 20.1 Å². The summed E-state index contributed by atoms with van der Waals surface area (Å²) in [5.74, 6) is 0.618. The Morgan fingerprint density at radius 1 is 1.29 bits per heavy atom. The van der Waals surface area contributed by atoms with Gasteiger partial charge in [0.2, 0.25) is 0 Å². The van der Waals surface area contributed by atoms with Crippen molar-refractivity contribution in [3.63, 3.8) is 0 Å². The van der Waals surface area contributed by atoms with Gasteiger partial charge >= 0.3 is 51.4 Å². The van der Waals surface area contributed by atoms with E-state index in [0.717, 1.165) is 0 Å². The molecule has 1 aromatic carbocycles. The van der Waals surface area contributed by atoms with E-state index in [2.05, 4.69) is 0 Å². The molecular formula is C7H7KO4S2. The second-order valence-corrected chi connectivity index (χ2v) is 5.35. The molecule has 0 saturated carbocycles. The molecule has 0 aliphatic heterocycles. The summed E-state index contributed by atoms with van der Waals surface area (Å²) < 4.78 is 35.9. The zero-order chi connectivity index (χ0) is 9.90. The van der Waals surface area contributed by atoms with E-state index in [9.17, 15) is 13.0 Å². The van der Waals surface area contributed by atoms with Crippen LogP contribution in [0.15, 0.2) is 29.2 Å². The fourth-order valence-electron chi connectivity index (χ4n) is 0.749. The third-order valence-electron chi connectivity index (χ3n) is 1.26. The van der Waals surface area contributed by atoms with Crippen LogP contribution >= 0.6 is 10.8 Å². The largest absolute Gasteiger partial charge is 1.00 e. The predicted molar refractivity (Wildman–Crippen MR) is 48.5 cm³/mol. The van der Waals surface area contributed by atoms with Gasteiger partial charge in [0, 0.05) is 4.90 Å². The third kappa shape index (κ3) is 5.71. The first kappa shape index (κ1) is 14.9. The number of rotatable bonds is 3. The van der Waals surface area contributed by atoms with Crippen LogP contribution in [0.3, 0.4) is 0 Å². The van der Waals surface area contributed by atoms with Gasteiger partial charge < -0.3 is 9.29 Å². The van der Waals surface area contributed by atoms with E-state index in [4.69, 9.17) is 4.74 Å². The van der Waals surface area contributed by atoms with Crippen molar-refractivity contribution >= 4 is 19.9 Å². The zero-order valence-corrected chi connectivity index (χ0v) is 12.5. The van der Waals surface area contributed by atoms with Gasteiger partial charge in [-0.1, -0.05) is 0 Å². The molecule has 4 nitrogen and oxygen atoms in total. The van der Waals surface area contributed by atoms with Crippen LogP contribution in [0.25, 0.3) is 0 Å². The fraction of sp³-hybridized carbons (Fsp3) is 0.143. The molecule has 0 saturated heterocycles. The van der Waals surface area contributed by atoms with Crippen LogP contribution in [0.4, 0.5) is 0 Å². The van der Waals surface area contributed by atoms with Crippen LogP contribution in [-0.2, 0) is 9.15 Å². The van der Waals surface area contributed by atoms with Gasteiger partial charge in [0.25, 0.3) is 0 Å². The van der Waals surface area contributed by atoms with Gasteiger partial charge in [0.05, 0.1) is 7.11 Å². The van der Waals surface area contributed by atoms with Crippen molar-refractivity contribution < 1.29 is 69.1 Å². The maximum Gasteiger partial charge on any atom is 1.00 e. The van der Waals surface area contributed by atoms with Crippen LogP contribution in [0.5, 0.6) is 5.75 Å². The molecule has 0 bridgehead atoms. The molecule has 0 atom stereocenters. The molecule has 0 aromatic heterocycles. The van der Waals surface area contributed by atoms with E-state index in [-0.39, 0.29) is 62.2 Å². The van der Waals surface area contributed by atoms with Gasteiger partial charge in [0.1, 0.15) is 5.75 Å². The van der Waals surface area contributed by atoms with Crippen molar-refractivity contribution in [1.82, 2.24) is 0 Å². The average Bonchev–Trinajstić information content (AvgIpc) is 2.03. The topological polar surface area (TPSA) is 66.4 Å². The van der Waals surface area contributed by atoms with Gasteiger partial charge in [-0.3, -0.25) is 0 Å². The molecule has 0 fully saturated rings. The van der Waals surface area contributed by atoms with Gasteiger partial charge in [-0.05, 0) is 35.1 Å². The van der Waals surface area contributed by atoms with Gasteiger partial charge in [-0.15, -0.1) is 0 Å². The molecule has 0 N–H and O–H groups in total. The Hall–Kier alpha value is 0.916. The van der Waals surface area contributed by atoms with E-state index in [0.29, 0.717) is 10.6 Å². The Labute approximate surface area is 129 Å². The minimum atomic E-state index is -4.27. The second kappa shape index (κ2) is 6.49. The van der Waals surface area contributed by atoms with E-state index < -0.39 is 9.15 Å². The van der Waals surface area contributed by atoms with Crippen LogP contribution in [0, 0.1) is 0 Å². The molecule has 0 spiro atoms. The van der Waals surface area contributed by atoms with E-state index in [1.165, 1.54) is 19.2 Å². The van der Waals surface area contributed by atoms with Crippen molar-refractivity contribution in [3.8, 4) is 5.75 Å². The second-order valence-electron chi connectivity index (χ2n) is 2.17. The summed E-state index contributed by atoms with van der Waals surface area (Å²) >= 11 is 0. The van der Waals surface area contributed by atoms with E-state index >= 15 is 0 Å². The summed E-state index contributed by atoms with van der Waals surface area (Å²) in [6, 6.07) is 6.21. The molecule has 0 radical (unpaired) electrons. The summed E-state index contributed by atoms with van der Waals surface area (Å²) in [6.07, 6.45) is 0. The Bertz CT molecular complexity index is 373. The predicted octanol–water partition coefficient (Wildman–Crippen LogP) is -1.75. The minimum Gasteiger partial charge on any atom is -0.739 e. The Morgan fingerprint density at radius 3 is 2.14 bits per heavy atom. The SMILES string of the molecule is COc1ccc(SS(=O)(=O)[O-])cc1.[K+]. The summed E-state index contributed by atoms with van der Waals surface area (Å²) in [5, 5.41) is 0. The van der Waals surface area contributed by atoms with Crippen molar-refractivity contribution in [1.29, 1.82) is 0 Å². The monoisotopic (exact) mass is 258 g/mol. The molecule has 14 heavy (non-hydrogen) atoms. The Balaban J connectivity index is 0.00000169. The molecule has 1 rings (SSSR count). The number of benzene rings is 1. The van der Waals surface area contributed by atoms with E-state index in [1.807, 2.05) is 0 Å². The summed E-state index contributed by atoms with van der Waals surface area (Å²) in [6.45, 7) is 0. The van der Waals surface area contributed by atoms with Crippen LogP contribution in [0.1, 0.15) is 0 Å². The van der Waals surface area contributed by atoms with E-state index in [1.54, 1.807) is 12.1 Å². The molecule has 1 aromatic rings. The van der Waals surface area contributed by atoms with Crippen LogP contribution < -0.4 is 56.1 Å². The third-order valence-corrected chi connectivity index (χ3v) is 3.12. The summed E-state index contributed by atoms with van der Waals surface area (Å²) in [4.78, 5) is 0.385. The molecule has 0 aliphatic carbocycles. The molecular weight excluding hydrogens is 251 g/mol. The molecule has 0 amide bonds. The maximum atomic E-state index is 10.3. The summed E-state index contributed by atoms with van der Waals surface area (Å²) in [5.41, 5.74) is 0. The molecule has 0 heterocycles.